The summed E-state index contributed by atoms with van der Waals surface area (Å²) in [4.78, 5) is 2.45. The zero-order chi connectivity index (χ0) is 19.7. The summed E-state index contributed by atoms with van der Waals surface area (Å²) in [6.45, 7) is 6.43. The summed E-state index contributed by atoms with van der Waals surface area (Å²) in [5.74, 6) is 1.07. The molecule has 1 saturated heterocycles. The molecule has 3 heterocycles. The first-order chi connectivity index (χ1) is 13.4. The van der Waals surface area contributed by atoms with Crippen molar-refractivity contribution in [3.05, 3.63) is 18.0 Å². The molecular weight excluding hydrogens is 380 g/mol. The molecule has 0 aromatic carbocycles. The molecule has 0 unspecified atom stereocenters. The molecule has 2 aliphatic rings. The summed E-state index contributed by atoms with van der Waals surface area (Å²) >= 11 is 0. The maximum Gasteiger partial charge on any atom is 0.283 e. The number of piperazine rings is 1. The predicted octanol–water partition coefficient (Wildman–Crippen LogP) is 3.09. The molecule has 154 valence electrons. The smallest absolute Gasteiger partial charge is 0.283 e. The van der Waals surface area contributed by atoms with E-state index >= 15 is 0 Å². The van der Waals surface area contributed by atoms with Gasteiger partial charge in [0, 0.05) is 38.1 Å². The van der Waals surface area contributed by atoms with Crippen LogP contribution in [0.2, 0.25) is 0 Å². The van der Waals surface area contributed by atoms with Crippen molar-refractivity contribution in [3.8, 4) is 11.7 Å². The van der Waals surface area contributed by atoms with E-state index in [0.717, 1.165) is 13.1 Å². The Morgan fingerprint density at radius 2 is 1.71 bits per heavy atom. The van der Waals surface area contributed by atoms with Crippen molar-refractivity contribution in [2.75, 3.05) is 26.2 Å². The maximum atomic E-state index is 13.0. The number of sulfonamides is 1. The summed E-state index contributed by atoms with van der Waals surface area (Å²) in [6, 6.07) is 3.65. The lowest BCUT2D eigenvalue weighted by Gasteiger charge is -2.39. The van der Waals surface area contributed by atoms with E-state index in [1.54, 1.807) is 6.07 Å². The maximum absolute atomic E-state index is 13.0. The molecule has 8 nitrogen and oxygen atoms in total. The highest BCUT2D eigenvalue weighted by atomic mass is 32.2. The minimum Gasteiger partial charge on any atom is -0.438 e. The molecule has 9 heteroatoms. The van der Waals surface area contributed by atoms with Crippen molar-refractivity contribution < 1.29 is 17.3 Å². The van der Waals surface area contributed by atoms with Gasteiger partial charge in [-0.15, -0.1) is 10.2 Å². The van der Waals surface area contributed by atoms with Gasteiger partial charge in [0.25, 0.3) is 15.9 Å². The highest BCUT2D eigenvalue weighted by Crippen LogP contribution is 2.28. The Morgan fingerprint density at radius 3 is 2.36 bits per heavy atom. The van der Waals surface area contributed by atoms with Crippen LogP contribution in [-0.4, -0.2) is 60.0 Å². The van der Waals surface area contributed by atoms with Gasteiger partial charge in [-0.05, 0) is 25.0 Å². The van der Waals surface area contributed by atoms with Crippen molar-refractivity contribution in [1.82, 2.24) is 19.4 Å². The average Bonchev–Trinajstić information content (AvgIpc) is 3.39. The average molecular weight is 409 g/mol. The van der Waals surface area contributed by atoms with Crippen LogP contribution in [0.1, 0.15) is 57.8 Å². The molecule has 0 N–H and O–H groups in total. The van der Waals surface area contributed by atoms with E-state index < -0.39 is 10.0 Å². The summed E-state index contributed by atoms with van der Waals surface area (Å²) in [6.07, 6.45) is 6.36. The summed E-state index contributed by atoms with van der Waals surface area (Å²) in [5, 5.41) is 7.84. The first-order valence-corrected chi connectivity index (χ1v) is 11.6. The highest BCUT2D eigenvalue weighted by molar-refractivity contribution is 7.89. The zero-order valence-corrected chi connectivity index (χ0v) is 17.3. The van der Waals surface area contributed by atoms with Gasteiger partial charge in [0.2, 0.25) is 11.0 Å². The predicted molar refractivity (Wildman–Crippen MR) is 103 cm³/mol. The van der Waals surface area contributed by atoms with E-state index in [9.17, 15) is 8.42 Å². The van der Waals surface area contributed by atoms with Crippen LogP contribution in [0.5, 0.6) is 0 Å². The third kappa shape index (κ3) is 3.88. The Morgan fingerprint density at radius 1 is 1.00 bits per heavy atom. The molecule has 2 fully saturated rings. The van der Waals surface area contributed by atoms with Crippen LogP contribution in [0.15, 0.2) is 26.1 Å². The molecule has 28 heavy (non-hydrogen) atoms. The Hall–Kier alpha value is -1.71. The molecule has 0 amide bonds. The van der Waals surface area contributed by atoms with Gasteiger partial charge in [0.1, 0.15) is 0 Å². The number of aromatic nitrogens is 2. The number of nitrogens with zero attached hydrogens (tertiary/aromatic N) is 4. The van der Waals surface area contributed by atoms with E-state index in [1.807, 2.05) is 13.8 Å². The third-order valence-electron chi connectivity index (χ3n) is 5.69. The fourth-order valence-corrected chi connectivity index (χ4v) is 5.36. The quantitative estimate of drug-likeness (QED) is 0.750. The Bertz CT molecular complexity index is 891. The minimum atomic E-state index is -3.66. The van der Waals surface area contributed by atoms with Crippen LogP contribution in [0.3, 0.4) is 0 Å². The summed E-state index contributed by atoms with van der Waals surface area (Å²) in [5.41, 5.74) is 0. The van der Waals surface area contributed by atoms with Crippen molar-refractivity contribution in [2.45, 2.75) is 63.0 Å². The van der Waals surface area contributed by atoms with Crippen LogP contribution in [-0.2, 0) is 10.0 Å². The van der Waals surface area contributed by atoms with Crippen molar-refractivity contribution in [1.29, 1.82) is 0 Å². The molecule has 1 saturated carbocycles. The monoisotopic (exact) mass is 408 g/mol. The van der Waals surface area contributed by atoms with Gasteiger partial charge in [-0.1, -0.05) is 33.1 Å². The normalized spacial score (nSPS) is 20.8. The van der Waals surface area contributed by atoms with E-state index in [1.165, 1.54) is 42.5 Å². The number of rotatable bonds is 5. The second kappa shape index (κ2) is 7.96. The Kier molecular flexibility index (Phi) is 5.57. The number of hydrogen-bond acceptors (Lipinski definition) is 7. The lowest BCUT2D eigenvalue weighted by molar-refractivity contribution is 0.110. The first kappa shape index (κ1) is 19.6. The lowest BCUT2D eigenvalue weighted by Crippen LogP contribution is -2.52. The minimum absolute atomic E-state index is 0.0714. The van der Waals surface area contributed by atoms with E-state index in [2.05, 4.69) is 15.1 Å². The van der Waals surface area contributed by atoms with E-state index in [-0.39, 0.29) is 22.7 Å². The molecule has 2 aromatic heterocycles. The second-order valence-electron chi connectivity index (χ2n) is 7.95. The van der Waals surface area contributed by atoms with Gasteiger partial charge in [-0.3, -0.25) is 4.90 Å². The topological polar surface area (TPSA) is 92.7 Å². The molecule has 2 aromatic rings. The third-order valence-corrected chi connectivity index (χ3v) is 7.46. The molecule has 4 rings (SSSR count). The highest BCUT2D eigenvalue weighted by Gasteiger charge is 2.33. The van der Waals surface area contributed by atoms with Gasteiger partial charge in [-0.2, -0.15) is 4.31 Å². The van der Waals surface area contributed by atoms with Crippen LogP contribution in [0.4, 0.5) is 0 Å². The van der Waals surface area contributed by atoms with Crippen molar-refractivity contribution >= 4 is 10.0 Å². The van der Waals surface area contributed by atoms with Gasteiger partial charge in [0.05, 0.1) is 0 Å². The number of hydrogen-bond donors (Lipinski definition) is 0. The summed E-state index contributed by atoms with van der Waals surface area (Å²) in [7, 11) is -3.66. The fourth-order valence-electron chi connectivity index (χ4n) is 4.02. The molecule has 0 bridgehead atoms. The van der Waals surface area contributed by atoms with Crippen molar-refractivity contribution in [2.24, 2.45) is 0 Å². The van der Waals surface area contributed by atoms with E-state index in [0.29, 0.717) is 25.0 Å². The van der Waals surface area contributed by atoms with Gasteiger partial charge >= 0.3 is 0 Å². The van der Waals surface area contributed by atoms with Crippen LogP contribution < -0.4 is 0 Å². The Labute approximate surface area is 165 Å². The largest absolute Gasteiger partial charge is 0.438 e. The van der Waals surface area contributed by atoms with Gasteiger partial charge in [0.15, 0.2) is 5.76 Å². The van der Waals surface area contributed by atoms with Gasteiger partial charge < -0.3 is 8.83 Å². The SMILES string of the molecule is CC(C)c1nnc(-c2ccc(S(=O)(=O)N3CCN(C4CCCCC4)CC3)o2)o1. The Balaban J connectivity index is 1.43. The van der Waals surface area contributed by atoms with Crippen LogP contribution >= 0.6 is 0 Å². The number of furan rings is 1. The van der Waals surface area contributed by atoms with E-state index in [4.69, 9.17) is 8.83 Å². The summed E-state index contributed by atoms with van der Waals surface area (Å²) < 4.78 is 38.6. The standard InChI is InChI=1S/C19H28N4O4S/c1-14(2)18-20-21-19(27-18)16-8-9-17(26-16)28(24,25)23-12-10-22(11-13-23)15-6-4-3-5-7-15/h8-9,14-15H,3-7,10-13H2,1-2H3. The first-order valence-electron chi connectivity index (χ1n) is 10.1. The van der Waals surface area contributed by atoms with Crippen LogP contribution in [0.25, 0.3) is 11.7 Å². The molecule has 1 aliphatic heterocycles. The van der Waals surface area contributed by atoms with Gasteiger partial charge in [-0.25, -0.2) is 8.42 Å². The van der Waals surface area contributed by atoms with Crippen LogP contribution in [0, 0.1) is 0 Å². The molecular formula is C19H28N4O4S. The van der Waals surface area contributed by atoms with Crippen molar-refractivity contribution in [3.63, 3.8) is 0 Å². The molecule has 1 aliphatic carbocycles. The molecule has 0 radical (unpaired) electrons. The molecule has 0 atom stereocenters. The zero-order valence-electron chi connectivity index (χ0n) is 16.5. The fraction of sp³-hybridized carbons (Fsp3) is 0.684. The second-order valence-corrected chi connectivity index (χ2v) is 9.82. The lowest BCUT2D eigenvalue weighted by atomic mass is 9.94. The molecule has 0 spiro atoms.